The standard InChI is InChI=1S/C19H27N3O3S/c1-4-14(2)20-19(23)15-8-11-22(12-9-15)26(24,25)17-5-6-18-16(13-17)7-10-21(18)3/h5-7,10,13-15H,4,8-9,11-12H2,1-3H3,(H,20,23)/t14-/m1/s1. The predicted molar refractivity (Wildman–Crippen MR) is 102 cm³/mol. The minimum absolute atomic E-state index is 0.0436. The molecule has 0 spiro atoms. The molecule has 1 aliphatic rings. The van der Waals surface area contributed by atoms with Crippen molar-refractivity contribution >= 4 is 26.8 Å². The van der Waals surface area contributed by atoms with Crippen molar-refractivity contribution in [3.63, 3.8) is 0 Å². The van der Waals surface area contributed by atoms with Gasteiger partial charge in [-0.05, 0) is 50.5 Å². The van der Waals surface area contributed by atoms with E-state index < -0.39 is 10.0 Å². The molecule has 1 saturated heterocycles. The maximum Gasteiger partial charge on any atom is 0.243 e. The average Bonchev–Trinajstić information content (AvgIpc) is 3.02. The maximum absolute atomic E-state index is 13.0. The number of piperidine rings is 1. The molecule has 1 N–H and O–H groups in total. The van der Waals surface area contributed by atoms with E-state index >= 15 is 0 Å². The van der Waals surface area contributed by atoms with Crippen molar-refractivity contribution in [2.24, 2.45) is 13.0 Å². The molecule has 1 aromatic carbocycles. The number of hydrogen-bond donors (Lipinski definition) is 1. The van der Waals surface area contributed by atoms with Gasteiger partial charge in [-0.1, -0.05) is 6.92 Å². The van der Waals surface area contributed by atoms with E-state index in [1.807, 2.05) is 43.8 Å². The van der Waals surface area contributed by atoms with Crippen LogP contribution in [0, 0.1) is 5.92 Å². The molecule has 0 bridgehead atoms. The molecule has 3 rings (SSSR count). The minimum atomic E-state index is -3.53. The first kappa shape index (κ1) is 18.9. The molecule has 142 valence electrons. The molecule has 0 saturated carbocycles. The number of fused-ring (bicyclic) bond motifs is 1. The van der Waals surface area contributed by atoms with E-state index in [1.54, 1.807) is 12.1 Å². The van der Waals surface area contributed by atoms with E-state index in [0.29, 0.717) is 30.8 Å². The molecule has 1 amide bonds. The van der Waals surface area contributed by atoms with Gasteiger partial charge < -0.3 is 9.88 Å². The Kier molecular flexibility index (Phi) is 5.39. The van der Waals surface area contributed by atoms with Crippen LogP contribution >= 0.6 is 0 Å². The maximum atomic E-state index is 13.0. The smallest absolute Gasteiger partial charge is 0.243 e. The Morgan fingerprint density at radius 1 is 1.27 bits per heavy atom. The van der Waals surface area contributed by atoms with Crippen molar-refractivity contribution in [1.82, 2.24) is 14.2 Å². The summed E-state index contributed by atoms with van der Waals surface area (Å²) in [5, 5.41) is 3.91. The Morgan fingerprint density at radius 2 is 1.96 bits per heavy atom. The van der Waals surface area contributed by atoms with Crippen molar-refractivity contribution in [3.05, 3.63) is 30.5 Å². The van der Waals surface area contributed by atoms with Gasteiger partial charge in [0.05, 0.1) is 4.90 Å². The molecule has 6 nitrogen and oxygen atoms in total. The van der Waals surface area contributed by atoms with Gasteiger partial charge in [-0.3, -0.25) is 4.79 Å². The topological polar surface area (TPSA) is 71.4 Å². The van der Waals surface area contributed by atoms with E-state index in [1.165, 1.54) is 4.31 Å². The third-order valence-corrected chi connectivity index (χ3v) is 7.21. The number of nitrogens with one attached hydrogen (secondary N) is 1. The number of sulfonamides is 1. The molecule has 0 aliphatic carbocycles. The zero-order valence-electron chi connectivity index (χ0n) is 15.6. The summed E-state index contributed by atoms with van der Waals surface area (Å²) in [4.78, 5) is 12.6. The molecule has 1 atom stereocenters. The lowest BCUT2D eigenvalue weighted by Gasteiger charge is -2.31. The lowest BCUT2D eigenvalue weighted by atomic mass is 9.97. The molecule has 0 radical (unpaired) electrons. The second kappa shape index (κ2) is 7.40. The van der Waals surface area contributed by atoms with Crippen molar-refractivity contribution in [1.29, 1.82) is 0 Å². The van der Waals surface area contributed by atoms with Crippen LogP contribution in [0.3, 0.4) is 0 Å². The highest BCUT2D eigenvalue weighted by Crippen LogP contribution is 2.26. The fraction of sp³-hybridized carbons (Fsp3) is 0.526. The van der Waals surface area contributed by atoms with E-state index in [-0.39, 0.29) is 17.9 Å². The Balaban J connectivity index is 1.70. The predicted octanol–water partition coefficient (Wildman–Crippen LogP) is 2.49. The average molecular weight is 378 g/mol. The van der Waals surface area contributed by atoms with Gasteiger partial charge in [0, 0.05) is 49.2 Å². The molecular weight excluding hydrogens is 350 g/mol. The number of nitrogens with zero attached hydrogens (tertiary/aromatic N) is 2. The van der Waals surface area contributed by atoms with Crippen LogP contribution in [0.5, 0.6) is 0 Å². The Labute approximate surface area is 155 Å². The van der Waals surface area contributed by atoms with Crippen molar-refractivity contribution < 1.29 is 13.2 Å². The van der Waals surface area contributed by atoms with Crippen LogP contribution in [0.15, 0.2) is 35.4 Å². The summed E-state index contributed by atoms with van der Waals surface area (Å²) in [5.41, 5.74) is 1.00. The first-order valence-corrected chi connectivity index (χ1v) is 10.6. The minimum Gasteiger partial charge on any atom is -0.353 e. The highest BCUT2D eigenvalue weighted by atomic mass is 32.2. The summed E-state index contributed by atoms with van der Waals surface area (Å²) < 4.78 is 29.4. The number of amides is 1. The molecule has 1 aromatic heterocycles. The molecule has 2 aromatic rings. The lowest BCUT2D eigenvalue weighted by Crippen LogP contribution is -2.44. The zero-order valence-corrected chi connectivity index (χ0v) is 16.4. The molecule has 1 aliphatic heterocycles. The molecule has 0 unspecified atom stereocenters. The van der Waals surface area contributed by atoms with Crippen LogP contribution in [0.25, 0.3) is 10.9 Å². The fourth-order valence-corrected chi connectivity index (χ4v) is 4.90. The second-order valence-corrected chi connectivity index (χ2v) is 9.08. The van der Waals surface area contributed by atoms with E-state index in [2.05, 4.69) is 5.32 Å². The van der Waals surface area contributed by atoms with Crippen molar-refractivity contribution in [2.75, 3.05) is 13.1 Å². The highest BCUT2D eigenvalue weighted by molar-refractivity contribution is 7.89. The summed E-state index contributed by atoms with van der Waals surface area (Å²) in [6.45, 7) is 4.78. The highest BCUT2D eigenvalue weighted by Gasteiger charge is 2.32. The monoisotopic (exact) mass is 377 g/mol. The zero-order chi connectivity index (χ0) is 18.9. The number of rotatable bonds is 5. The molecule has 2 heterocycles. The molecule has 1 fully saturated rings. The third-order valence-electron chi connectivity index (χ3n) is 5.32. The van der Waals surface area contributed by atoms with Crippen LogP contribution < -0.4 is 5.32 Å². The van der Waals surface area contributed by atoms with Gasteiger partial charge in [0.1, 0.15) is 0 Å². The summed E-state index contributed by atoms with van der Waals surface area (Å²) in [5.74, 6) is -0.0610. The fourth-order valence-electron chi connectivity index (χ4n) is 3.39. The summed E-state index contributed by atoms with van der Waals surface area (Å²) >= 11 is 0. The van der Waals surface area contributed by atoms with E-state index in [0.717, 1.165) is 17.3 Å². The van der Waals surface area contributed by atoms with Crippen LogP contribution in [0.4, 0.5) is 0 Å². The van der Waals surface area contributed by atoms with Gasteiger partial charge >= 0.3 is 0 Å². The van der Waals surface area contributed by atoms with Crippen LogP contribution in [0.2, 0.25) is 0 Å². The Morgan fingerprint density at radius 3 is 2.62 bits per heavy atom. The summed E-state index contributed by atoms with van der Waals surface area (Å²) in [7, 11) is -1.59. The first-order valence-electron chi connectivity index (χ1n) is 9.18. The SMILES string of the molecule is CC[C@@H](C)NC(=O)C1CCN(S(=O)(=O)c2ccc3c(ccn3C)c2)CC1. The number of hydrogen-bond acceptors (Lipinski definition) is 3. The van der Waals surface area contributed by atoms with Crippen molar-refractivity contribution in [3.8, 4) is 0 Å². The Bertz CT molecular complexity index is 896. The van der Waals surface area contributed by atoms with Crippen molar-refractivity contribution in [2.45, 2.75) is 44.0 Å². The van der Waals surface area contributed by atoms with Gasteiger partial charge in [0.25, 0.3) is 0 Å². The number of benzene rings is 1. The van der Waals surface area contributed by atoms with Gasteiger partial charge in [0.2, 0.25) is 15.9 Å². The normalized spacial score (nSPS) is 18.1. The number of aromatic nitrogens is 1. The number of carbonyl (C=O) groups excluding carboxylic acids is 1. The summed E-state index contributed by atoms with van der Waals surface area (Å²) in [6, 6.07) is 7.31. The first-order chi connectivity index (χ1) is 12.3. The van der Waals surface area contributed by atoms with E-state index in [4.69, 9.17) is 0 Å². The molecule has 26 heavy (non-hydrogen) atoms. The quantitative estimate of drug-likeness (QED) is 0.870. The molecular formula is C19H27N3O3S. The van der Waals surface area contributed by atoms with Gasteiger partial charge in [-0.15, -0.1) is 0 Å². The lowest BCUT2D eigenvalue weighted by molar-refractivity contribution is -0.126. The third kappa shape index (κ3) is 3.64. The van der Waals surface area contributed by atoms with E-state index in [9.17, 15) is 13.2 Å². The number of aryl methyl sites for hydroxylation is 1. The number of carbonyl (C=O) groups is 1. The largest absolute Gasteiger partial charge is 0.353 e. The molecule has 7 heteroatoms. The van der Waals surface area contributed by atoms with Gasteiger partial charge in [0.15, 0.2) is 0 Å². The summed E-state index contributed by atoms with van der Waals surface area (Å²) in [6.07, 6.45) is 3.94. The van der Waals surface area contributed by atoms with Crippen LogP contribution in [-0.2, 0) is 21.9 Å². The van der Waals surface area contributed by atoms with Gasteiger partial charge in [-0.25, -0.2) is 8.42 Å². The Hall–Kier alpha value is -1.86. The second-order valence-electron chi connectivity index (χ2n) is 7.14. The van der Waals surface area contributed by atoms with Gasteiger partial charge in [-0.2, -0.15) is 4.31 Å². The van der Waals surface area contributed by atoms with Crippen LogP contribution in [0.1, 0.15) is 33.1 Å². The van der Waals surface area contributed by atoms with Crippen LogP contribution in [-0.4, -0.2) is 42.3 Å².